The number of hydrogen-bond acceptors (Lipinski definition) is 4. The fourth-order valence-corrected chi connectivity index (χ4v) is 1.85. The predicted molar refractivity (Wildman–Crippen MR) is 78.3 cm³/mol. The Labute approximate surface area is 127 Å². The summed E-state index contributed by atoms with van der Waals surface area (Å²) in [5.41, 5.74) is 1.06. The van der Waals surface area contributed by atoms with E-state index in [1.807, 2.05) is 12.1 Å². The zero-order valence-corrected chi connectivity index (χ0v) is 12.1. The monoisotopic (exact) mass is 307 g/mol. The molecule has 0 amide bonds. The molecule has 1 aromatic heterocycles. The summed E-state index contributed by atoms with van der Waals surface area (Å²) in [5, 5.41) is 9.27. The molecule has 0 spiro atoms. The number of carbonyl (C=O) groups is 1. The van der Waals surface area contributed by atoms with E-state index in [1.54, 1.807) is 19.2 Å². The third kappa shape index (κ3) is 4.18. The Morgan fingerprint density at radius 3 is 2.57 bits per heavy atom. The Morgan fingerprint density at radius 2 is 1.95 bits per heavy atom. The Morgan fingerprint density at radius 1 is 1.24 bits per heavy atom. The maximum absolute atomic E-state index is 11.1. The molecule has 2 rings (SSSR count). The van der Waals surface area contributed by atoms with Gasteiger partial charge in [0, 0.05) is 7.11 Å². The normalized spacial score (nSPS) is 10.4. The molecule has 0 aliphatic heterocycles. The lowest BCUT2D eigenvalue weighted by molar-refractivity contribution is 0.0693. The topological polar surface area (TPSA) is 68.7 Å². The highest BCUT2D eigenvalue weighted by atomic mass is 35.5. The summed E-state index contributed by atoms with van der Waals surface area (Å²) >= 11 is 5.77. The van der Waals surface area contributed by atoms with Gasteiger partial charge in [0.05, 0.1) is 6.61 Å². The first-order valence-corrected chi connectivity index (χ1v) is 6.63. The molecule has 0 saturated carbocycles. The van der Waals surface area contributed by atoms with Crippen LogP contribution < -0.4 is 4.74 Å². The van der Waals surface area contributed by atoms with Gasteiger partial charge < -0.3 is 14.6 Å². The van der Waals surface area contributed by atoms with Gasteiger partial charge >= 0.3 is 5.97 Å². The summed E-state index contributed by atoms with van der Waals surface area (Å²) in [6, 6.07) is 10.0. The summed E-state index contributed by atoms with van der Waals surface area (Å²) < 4.78 is 10.5. The number of hydrogen-bond donors (Lipinski definition) is 1. The average molecular weight is 308 g/mol. The van der Waals surface area contributed by atoms with Gasteiger partial charge in [-0.25, -0.2) is 9.78 Å². The van der Waals surface area contributed by atoms with Crippen LogP contribution in [0, 0.1) is 0 Å². The van der Waals surface area contributed by atoms with Crippen molar-refractivity contribution >= 4 is 17.6 Å². The molecule has 6 heteroatoms. The van der Waals surface area contributed by atoms with E-state index in [4.69, 9.17) is 26.2 Å². The lowest BCUT2D eigenvalue weighted by Gasteiger charge is -2.08. The summed E-state index contributed by atoms with van der Waals surface area (Å²) in [7, 11) is 1.65. The van der Waals surface area contributed by atoms with E-state index in [2.05, 4.69) is 4.98 Å². The smallest absolute Gasteiger partial charge is 0.341 e. The highest BCUT2D eigenvalue weighted by molar-refractivity contribution is 6.29. The third-order valence-electron chi connectivity index (χ3n) is 2.79. The molecule has 0 bridgehead atoms. The zero-order chi connectivity index (χ0) is 15.2. The molecule has 1 N–H and O–H groups in total. The van der Waals surface area contributed by atoms with Crippen molar-refractivity contribution < 1.29 is 19.4 Å². The molecule has 0 aliphatic rings. The van der Waals surface area contributed by atoms with E-state index in [9.17, 15) is 4.79 Å². The van der Waals surface area contributed by atoms with Gasteiger partial charge in [-0.1, -0.05) is 23.7 Å². The van der Waals surface area contributed by atoms with Crippen molar-refractivity contribution in [3.8, 4) is 11.6 Å². The van der Waals surface area contributed by atoms with Crippen LogP contribution in [0.1, 0.15) is 15.9 Å². The highest BCUT2D eigenvalue weighted by Gasteiger charge is 2.14. The summed E-state index contributed by atoms with van der Waals surface area (Å²) in [5.74, 6) is -0.654. The quantitative estimate of drug-likeness (QED) is 0.828. The number of aromatic nitrogens is 1. The second kappa shape index (κ2) is 7.06. The summed E-state index contributed by atoms with van der Waals surface area (Å²) in [6.45, 7) is 0.638. The van der Waals surface area contributed by atoms with E-state index >= 15 is 0 Å². The van der Waals surface area contributed by atoms with Crippen LogP contribution in [-0.2, 0) is 11.2 Å². The van der Waals surface area contributed by atoms with E-state index in [1.165, 1.54) is 12.1 Å². The number of carboxylic acids is 1. The molecular weight excluding hydrogens is 294 g/mol. The van der Waals surface area contributed by atoms with Crippen molar-refractivity contribution in [1.29, 1.82) is 0 Å². The number of carboxylic acid groups (broad SMARTS) is 1. The van der Waals surface area contributed by atoms with Crippen molar-refractivity contribution in [2.75, 3.05) is 13.7 Å². The molecule has 0 unspecified atom stereocenters. The fraction of sp³-hybridized carbons (Fsp3) is 0.200. The predicted octanol–water partition coefficient (Wildman–Crippen LogP) is 3.41. The van der Waals surface area contributed by atoms with Crippen LogP contribution in [0.15, 0.2) is 36.4 Å². The van der Waals surface area contributed by atoms with Crippen LogP contribution >= 0.6 is 11.6 Å². The van der Waals surface area contributed by atoms with Crippen LogP contribution in [0.25, 0.3) is 0 Å². The van der Waals surface area contributed by atoms with E-state index in [0.717, 1.165) is 12.0 Å². The molecule has 0 radical (unpaired) electrons. The number of halogens is 1. The first-order valence-electron chi connectivity index (χ1n) is 6.25. The number of nitrogens with zero attached hydrogens (tertiary/aromatic N) is 1. The van der Waals surface area contributed by atoms with Gasteiger partial charge in [-0.15, -0.1) is 0 Å². The van der Waals surface area contributed by atoms with E-state index < -0.39 is 5.97 Å². The number of rotatable bonds is 6. The lowest BCUT2D eigenvalue weighted by Crippen LogP contribution is -2.02. The molecule has 0 fully saturated rings. The second-order valence-electron chi connectivity index (χ2n) is 4.28. The molecule has 0 aliphatic carbocycles. The molecule has 1 heterocycles. The Hall–Kier alpha value is -2.11. The molecule has 110 valence electrons. The zero-order valence-electron chi connectivity index (χ0n) is 11.4. The molecular formula is C15H14ClNO4. The number of pyridine rings is 1. The van der Waals surface area contributed by atoms with Crippen molar-refractivity contribution in [2.24, 2.45) is 0 Å². The molecule has 2 aromatic rings. The van der Waals surface area contributed by atoms with Crippen molar-refractivity contribution in [3.05, 3.63) is 52.7 Å². The van der Waals surface area contributed by atoms with Gasteiger partial charge in [-0.05, 0) is 36.2 Å². The van der Waals surface area contributed by atoms with E-state index in [-0.39, 0.29) is 16.6 Å². The van der Waals surface area contributed by atoms with Gasteiger partial charge in [0.1, 0.15) is 16.5 Å². The lowest BCUT2D eigenvalue weighted by atomic mass is 10.1. The third-order valence-corrected chi connectivity index (χ3v) is 3.00. The van der Waals surface area contributed by atoms with Crippen LogP contribution in [0.4, 0.5) is 0 Å². The van der Waals surface area contributed by atoms with Crippen LogP contribution in [0.5, 0.6) is 11.6 Å². The minimum atomic E-state index is -1.12. The maximum Gasteiger partial charge on any atom is 0.341 e. The molecule has 1 aromatic carbocycles. The molecule has 21 heavy (non-hydrogen) atoms. The van der Waals surface area contributed by atoms with Crippen LogP contribution in [-0.4, -0.2) is 29.8 Å². The number of aromatic carboxylic acids is 1. The fourth-order valence-electron chi connectivity index (χ4n) is 1.71. The summed E-state index contributed by atoms with van der Waals surface area (Å²) in [6.07, 6.45) is 0.798. The Balaban J connectivity index is 2.18. The van der Waals surface area contributed by atoms with Crippen molar-refractivity contribution in [2.45, 2.75) is 6.42 Å². The first-order chi connectivity index (χ1) is 10.1. The maximum atomic E-state index is 11.1. The molecule has 0 atom stereocenters. The summed E-state index contributed by atoms with van der Waals surface area (Å²) in [4.78, 5) is 15.0. The molecule has 5 nitrogen and oxygen atoms in total. The Kier molecular flexibility index (Phi) is 5.14. The first kappa shape index (κ1) is 15.3. The van der Waals surface area contributed by atoms with Gasteiger partial charge in [0.15, 0.2) is 0 Å². The standard InChI is InChI=1S/C15H14ClNO4/c1-20-9-8-10-2-4-11(5-3-10)21-14-12(15(18)19)6-7-13(16)17-14/h2-7H,8-9H2,1H3,(H,18,19). The van der Waals surface area contributed by atoms with Gasteiger partial charge in [-0.2, -0.15) is 0 Å². The highest BCUT2D eigenvalue weighted by Crippen LogP contribution is 2.25. The van der Waals surface area contributed by atoms with Gasteiger partial charge in [0.2, 0.25) is 5.88 Å². The Bertz CT molecular complexity index is 628. The van der Waals surface area contributed by atoms with Gasteiger partial charge in [0.25, 0.3) is 0 Å². The molecule has 0 saturated heterocycles. The largest absolute Gasteiger partial charge is 0.477 e. The number of benzene rings is 1. The number of methoxy groups -OCH3 is 1. The van der Waals surface area contributed by atoms with Crippen molar-refractivity contribution in [3.63, 3.8) is 0 Å². The van der Waals surface area contributed by atoms with E-state index in [0.29, 0.717) is 12.4 Å². The minimum absolute atomic E-state index is 0.0281. The SMILES string of the molecule is COCCc1ccc(Oc2nc(Cl)ccc2C(=O)O)cc1. The van der Waals surface area contributed by atoms with Crippen molar-refractivity contribution in [1.82, 2.24) is 4.98 Å². The second-order valence-corrected chi connectivity index (χ2v) is 4.67. The van der Waals surface area contributed by atoms with Gasteiger partial charge in [-0.3, -0.25) is 0 Å². The van der Waals surface area contributed by atoms with Crippen LogP contribution in [0.2, 0.25) is 5.15 Å². The average Bonchev–Trinajstić information content (AvgIpc) is 2.46. The number of ether oxygens (including phenoxy) is 2. The van der Waals surface area contributed by atoms with Crippen LogP contribution in [0.3, 0.4) is 0 Å². The minimum Gasteiger partial charge on any atom is -0.477 e.